The number of anilines is 2. The molecule has 0 saturated carbocycles. The highest BCUT2D eigenvalue weighted by Crippen LogP contribution is 2.22. The first-order valence-electron chi connectivity index (χ1n) is 8.96. The lowest BCUT2D eigenvalue weighted by molar-refractivity contribution is 0.0708. The number of nitrogens with one attached hydrogen (secondary N) is 1. The molecule has 26 heavy (non-hydrogen) atoms. The van der Waals surface area contributed by atoms with Gasteiger partial charge in [-0.3, -0.25) is 4.79 Å². The second kappa shape index (κ2) is 7.68. The monoisotopic (exact) mass is 354 g/mol. The van der Waals surface area contributed by atoms with E-state index in [0.29, 0.717) is 5.56 Å². The normalized spacial score (nSPS) is 15.0. The predicted molar refractivity (Wildman–Crippen MR) is 103 cm³/mol. The molecule has 0 unspecified atom stereocenters. The van der Waals surface area contributed by atoms with E-state index in [9.17, 15) is 4.79 Å². The number of carbonyl (C=O) groups excluding carboxylic acids is 1. The Balaban J connectivity index is 1.62. The van der Waals surface area contributed by atoms with Gasteiger partial charge in [-0.15, -0.1) is 0 Å². The van der Waals surface area contributed by atoms with Gasteiger partial charge in [-0.25, -0.2) is 15.0 Å². The molecule has 1 amide bonds. The molecule has 1 aliphatic rings. The van der Waals surface area contributed by atoms with Crippen molar-refractivity contribution in [1.82, 2.24) is 19.9 Å². The van der Waals surface area contributed by atoms with Gasteiger partial charge in [0.25, 0.3) is 5.91 Å². The van der Waals surface area contributed by atoms with Gasteiger partial charge in [-0.05, 0) is 38.8 Å². The van der Waals surface area contributed by atoms with Crippen molar-refractivity contribution < 1.29 is 4.79 Å². The molecule has 3 rings (SSSR count). The molecule has 0 aromatic carbocycles. The number of pyridine rings is 1. The Morgan fingerprint density at radius 2 is 1.96 bits per heavy atom. The third-order valence-corrected chi connectivity index (χ3v) is 4.88. The summed E-state index contributed by atoms with van der Waals surface area (Å²) in [6.07, 6.45) is 3.48. The molecule has 7 nitrogen and oxygen atoms in total. The van der Waals surface area contributed by atoms with Crippen LogP contribution in [0.1, 0.15) is 34.7 Å². The van der Waals surface area contributed by atoms with Crippen LogP contribution in [0, 0.1) is 13.8 Å². The molecule has 1 fully saturated rings. The van der Waals surface area contributed by atoms with Crippen LogP contribution >= 0.6 is 0 Å². The minimum Gasteiger partial charge on any atom is -0.373 e. The van der Waals surface area contributed by atoms with Crippen molar-refractivity contribution in [2.45, 2.75) is 32.7 Å². The molecular weight excluding hydrogens is 328 g/mol. The van der Waals surface area contributed by atoms with Gasteiger partial charge in [-0.1, -0.05) is 0 Å². The smallest absolute Gasteiger partial charge is 0.255 e. The second-order valence-electron chi connectivity index (χ2n) is 6.73. The van der Waals surface area contributed by atoms with Gasteiger partial charge in [0.2, 0.25) is 0 Å². The number of aryl methyl sites for hydroxylation is 2. The Bertz CT molecular complexity index is 748. The Hall–Kier alpha value is -2.70. The third kappa shape index (κ3) is 3.92. The molecule has 2 aromatic rings. The number of piperidine rings is 1. The summed E-state index contributed by atoms with van der Waals surface area (Å²) in [5, 5.41) is 2.96. The first kappa shape index (κ1) is 18.1. The highest BCUT2D eigenvalue weighted by atomic mass is 16.2. The van der Waals surface area contributed by atoms with Crippen molar-refractivity contribution in [3.63, 3.8) is 0 Å². The van der Waals surface area contributed by atoms with Gasteiger partial charge in [0.05, 0.1) is 5.56 Å². The van der Waals surface area contributed by atoms with Crippen LogP contribution in [0.3, 0.4) is 0 Å². The molecule has 1 aliphatic heterocycles. The van der Waals surface area contributed by atoms with Crippen molar-refractivity contribution >= 4 is 17.5 Å². The molecular formula is C19H26N6O. The van der Waals surface area contributed by atoms with Crippen LogP contribution < -0.4 is 10.2 Å². The summed E-state index contributed by atoms with van der Waals surface area (Å²) in [6, 6.07) is 5.90. The van der Waals surface area contributed by atoms with E-state index in [4.69, 9.17) is 0 Å². The van der Waals surface area contributed by atoms with Gasteiger partial charge in [0.15, 0.2) is 0 Å². The lowest BCUT2D eigenvalue weighted by Crippen LogP contribution is -2.46. The molecule has 0 spiro atoms. The summed E-state index contributed by atoms with van der Waals surface area (Å²) < 4.78 is 0. The molecule has 0 bridgehead atoms. The van der Waals surface area contributed by atoms with Gasteiger partial charge in [0, 0.05) is 51.2 Å². The van der Waals surface area contributed by atoms with Crippen LogP contribution in [0.25, 0.3) is 0 Å². The van der Waals surface area contributed by atoms with Crippen LogP contribution in [0.5, 0.6) is 0 Å². The van der Waals surface area contributed by atoms with Crippen LogP contribution in [0.2, 0.25) is 0 Å². The average molecular weight is 354 g/mol. The first-order chi connectivity index (χ1) is 12.5. The number of amides is 1. The standard InChI is InChI=1S/C19H26N6O/c1-13-11-18(23-14(2)22-13)25-9-7-16(8-10-25)24(4)19(26)15-5-6-17(20-3)21-12-15/h5-6,11-12,16H,7-10H2,1-4H3,(H,20,21). The maximum atomic E-state index is 12.7. The number of carbonyl (C=O) groups is 1. The number of aromatic nitrogens is 3. The van der Waals surface area contributed by atoms with E-state index in [1.165, 1.54) is 0 Å². The average Bonchev–Trinajstić information content (AvgIpc) is 2.66. The maximum Gasteiger partial charge on any atom is 0.255 e. The van der Waals surface area contributed by atoms with Crippen LogP contribution in [0.4, 0.5) is 11.6 Å². The lowest BCUT2D eigenvalue weighted by Gasteiger charge is -2.37. The summed E-state index contributed by atoms with van der Waals surface area (Å²) in [6.45, 7) is 5.68. The van der Waals surface area contributed by atoms with Crippen LogP contribution in [-0.4, -0.2) is 59.0 Å². The van der Waals surface area contributed by atoms with E-state index in [2.05, 4.69) is 25.2 Å². The molecule has 1 saturated heterocycles. The Labute approximate surface area is 154 Å². The van der Waals surface area contributed by atoms with Gasteiger partial charge in [0.1, 0.15) is 17.5 Å². The molecule has 0 radical (unpaired) electrons. The Kier molecular flexibility index (Phi) is 5.35. The summed E-state index contributed by atoms with van der Waals surface area (Å²) in [5.41, 5.74) is 1.61. The number of hydrogen-bond donors (Lipinski definition) is 1. The van der Waals surface area contributed by atoms with E-state index in [0.717, 1.165) is 49.1 Å². The molecule has 2 aromatic heterocycles. The predicted octanol–water partition coefficient (Wildman–Crippen LogP) is 2.27. The molecule has 138 valence electrons. The zero-order valence-corrected chi connectivity index (χ0v) is 15.9. The van der Waals surface area contributed by atoms with Crippen molar-refractivity contribution in [1.29, 1.82) is 0 Å². The van der Waals surface area contributed by atoms with Crippen molar-refractivity contribution in [2.24, 2.45) is 0 Å². The topological polar surface area (TPSA) is 74.2 Å². The van der Waals surface area contributed by atoms with Crippen LogP contribution in [-0.2, 0) is 0 Å². The molecule has 1 N–H and O–H groups in total. The summed E-state index contributed by atoms with van der Waals surface area (Å²) in [4.78, 5) is 30.0. The fourth-order valence-corrected chi connectivity index (χ4v) is 3.38. The van der Waals surface area contributed by atoms with E-state index >= 15 is 0 Å². The van der Waals surface area contributed by atoms with E-state index in [1.807, 2.05) is 51.0 Å². The quantitative estimate of drug-likeness (QED) is 0.908. The largest absolute Gasteiger partial charge is 0.373 e. The molecule has 0 atom stereocenters. The maximum absolute atomic E-state index is 12.7. The summed E-state index contributed by atoms with van der Waals surface area (Å²) in [7, 11) is 3.69. The van der Waals surface area contributed by atoms with E-state index in [-0.39, 0.29) is 11.9 Å². The van der Waals surface area contributed by atoms with Gasteiger partial charge >= 0.3 is 0 Å². The highest BCUT2D eigenvalue weighted by molar-refractivity contribution is 5.94. The number of hydrogen-bond acceptors (Lipinski definition) is 6. The van der Waals surface area contributed by atoms with Gasteiger partial charge in [-0.2, -0.15) is 0 Å². The first-order valence-corrected chi connectivity index (χ1v) is 8.96. The second-order valence-corrected chi connectivity index (χ2v) is 6.73. The van der Waals surface area contributed by atoms with Crippen molar-refractivity contribution in [3.05, 3.63) is 41.5 Å². The van der Waals surface area contributed by atoms with Crippen LogP contribution in [0.15, 0.2) is 24.4 Å². The fraction of sp³-hybridized carbons (Fsp3) is 0.474. The number of rotatable bonds is 4. The van der Waals surface area contributed by atoms with Gasteiger partial charge < -0.3 is 15.1 Å². The highest BCUT2D eigenvalue weighted by Gasteiger charge is 2.27. The summed E-state index contributed by atoms with van der Waals surface area (Å²) >= 11 is 0. The fourth-order valence-electron chi connectivity index (χ4n) is 3.38. The van der Waals surface area contributed by atoms with Crippen molar-refractivity contribution in [3.8, 4) is 0 Å². The van der Waals surface area contributed by atoms with Crippen molar-refractivity contribution in [2.75, 3.05) is 37.4 Å². The molecule has 3 heterocycles. The van der Waals surface area contributed by atoms with E-state index in [1.54, 1.807) is 6.20 Å². The molecule has 0 aliphatic carbocycles. The third-order valence-electron chi connectivity index (χ3n) is 4.88. The Morgan fingerprint density at radius 3 is 2.54 bits per heavy atom. The zero-order chi connectivity index (χ0) is 18.7. The number of nitrogens with zero attached hydrogens (tertiary/aromatic N) is 5. The summed E-state index contributed by atoms with van der Waals surface area (Å²) in [5.74, 6) is 2.56. The zero-order valence-electron chi connectivity index (χ0n) is 15.9. The lowest BCUT2D eigenvalue weighted by atomic mass is 10.0. The Morgan fingerprint density at radius 1 is 1.23 bits per heavy atom. The minimum absolute atomic E-state index is 0.0207. The SMILES string of the molecule is CNc1ccc(C(=O)N(C)C2CCN(c3cc(C)nc(C)n3)CC2)cn1. The molecule has 7 heteroatoms. The minimum atomic E-state index is 0.0207. The van der Waals surface area contributed by atoms with E-state index < -0.39 is 0 Å².